The number of rotatable bonds is 6. The average Bonchev–Trinajstić information content (AvgIpc) is 2.87. The maximum atomic E-state index is 11.9. The molecule has 0 aliphatic rings. The van der Waals surface area contributed by atoms with Gasteiger partial charge in [0.15, 0.2) is 0 Å². The Morgan fingerprint density at radius 1 is 1.33 bits per heavy atom. The predicted molar refractivity (Wildman–Crippen MR) is 85.1 cm³/mol. The minimum Gasteiger partial charge on any atom is -0.469 e. The third-order valence-electron chi connectivity index (χ3n) is 3.77. The van der Waals surface area contributed by atoms with Crippen LogP contribution < -0.4 is 5.32 Å². The van der Waals surface area contributed by atoms with Crippen LogP contribution >= 0.6 is 0 Å². The molecule has 0 atom stereocenters. The fraction of sp³-hybridized carbons (Fsp3) is 0.471. The SMILES string of the molecule is CCNCc1cccc2c1ccn2CC(C)(C)C(=O)OC. The highest BCUT2D eigenvalue weighted by Gasteiger charge is 2.29. The van der Waals surface area contributed by atoms with Crippen molar-refractivity contribution in [3.8, 4) is 0 Å². The molecule has 0 saturated heterocycles. The van der Waals surface area contributed by atoms with Crippen LogP contribution in [0.4, 0.5) is 0 Å². The maximum Gasteiger partial charge on any atom is 0.313 e. The zero-order chi connectivity index (χ0) is 15.5. The molecule has 4 heteroatoms. The smallest absolute Gasteiger partial charge is 0.313 e. The lowest BCUT2D eigenvalue weighted by Crippen LogP contribution is -2.30. The molecular formula is C17H24N2O2. The van der Waals surface area contributed by atoms with Crippen LogP contribution in [0.15, 0.2) is 30.5 Å². The van der Waals surface area contributed by atoms with Gasteiger partial charge in [-0.15, -0.1) is 0 Å². The summed E-state index contributed by atoms with van der Waals surface area (Å²) in [4.78, 5) is 11.9. The van der Waals surface area contributed by atoms with E-state index in [-0.39, 0.29) is 5.97 Å². The summed E-state index contributed by atoms with van der Waals surface area (Å²) in [6, 6.07) is 8.42. The molecule has 0 saturated carbocycles. The second-order valence-corrected chi connectivity index (χ2v) is 5.95. The van der Waals surface area contributed by atoms with Crippen molar-refractivity contribution in [2.45, 2.75) is 33.9 Å². The Morgan fingerprint density at radius 3 is 2.76 bits per heavy atom. The van der Waals surface area contributed by atoms with Gasteiger partial charge in [0, 0.05) is 30.2 Å². The number of hydrogen-bond donors (Lipinski definition) is 1. The second kappa shape index (κ2) is 6.31. The summed E-state index contributed by atoms with van der Waals surface area (Å²) >= 11 is 0. The minimum atomic E-state index is -0.543. The van der Waals surface area contributed by atoms with Gasteiger partial charge in [0.25, 0.3) is 0 Å². The van der Waals surface area contributed by atoms with E-state index in [1.54, 1.807) is 0 Å². The Bertz CT molecular complexity index is 629. The molecule has 0 unspecified atom stereocenters. The summed E-state index contributed by atoms with van der Waals surface area (Å²) in [6.45, 7) is 8.34. The average molecular weight is 288 g/mol. The summed E-state index contributed by atoms with van der Waals surface area (Å²) in [6.07, 6.45) is 2.05. The third-order valence-corrected chi connectivity index (χ3v) is 3.77. The molecule has 0 amide bonds. The van der Waals surface area contributed by atoms with Crippen LogP contribution in [0.5, 0.6) is 0 Å². The molecule has 4 nitrogen and oxygen atoms in total. The number of carbonyl (C=O) groups excluding carboxylic acids is 1. The number of esters is 1. The molecule has 1 heterocycles. The Morgan fingerprint density at radius 2 is 2.10 bits per heavy atom. The van der Waals surface area contributed by atoms with Gasteiger partial charge in [-0.25, -0.2) is 0 Å². The first-order chi connectivity index (χ1) is 9.99. The van der Waals surface area contributed by atoms with E-state index < -0.39 is 5.41 Å². The van der Waals surface area contributed by atoms with Crippen LogP contribution in [0.2, 0.25) is 0 Å². The topological polar surface area (TPSA) is 43.3 Å². The maximum absolute atomic E-state index is 11.9. The first kappa shape index (κ1) is 15.6. The van der Waals surface area contributed by atoms with Gasteiger partial charge in [-0.3, -0.25) is 4.79 Å². The quantitative estimate of drug-likeness (QED) is 0.831. The summed E-state index contributed by atoms with van der Waals surface area (Å²) in [5.41, 5.74) is 1.89. The van der Waals surface area contributed by atoms with Crippen molar-refractivity contribution in [2.75, 3.05) is 13.7 Å². The number of nitrogens with one attached hydrogen (secondary N) is 1. The normalized spacial score (nSPS) is 11.8. The van der Waals surface area contributed by atoms with Crippen molar-refractivity contribution < 1.29 is 9.53 Å². The number of aromatic nitrogens is 1. The summed E-state index contributed by atoms with van der Waals surface area (Å²) < 4.78 is 7.02. The molecule has 0 spiro atoms. The Labute approximate surface area is 126 Å². The van der Waals surface area contributed by atoms with Crippen LogP contribution in [0, 0.1) is 5.41 Å². The molecule has 0 bridgehead atoms. The molecular weight excluding hydrogens is 264 g/mol. The van der Waals surface area contributed by atoms with E-state index in [0.29, 0.717) is 6.54 Å². The van der Waals surface area contributed by atoms with E-state index in [9.17, 15) is 4.79 Å². The highest BCUT2D eigenvalue weighted by molar-refractivity contribution is 5.84. The van der Waals surface area contributed by atoms with Crippen LogP contribution in [0.1, 0.15) is 26.3 Å². The molecule has 0 aliphatic heterocycles. The standard InChI is InChI=1S/C17H24N2O2/c1-5-18-11-13-7-6-8-15-14(13)9-10-19(15)12-17(2,3)16(20)21-4/h6-10,18H,5,11-12H2,1-4H3. The fourth-order valence-electron chi connectivity index (χ4n) is 2.61. The summed E-state index contributed by atoms with van der Waals surface area (Å²) in [5.74, 6) is -0.187. The number of fused-ring (bicyclic) bond motifs is 1. The van der Waals surface area contributed by atoms with Crippen molar-refractivity contribution in [1.82, 2.24) is 9.88 Å². The molecule has 0 aliphatic carbocycles. The first-order valence-corrected chi connectivity index (χ1v) is 7.35. The molecule has 2 aromatic rings. The number of carbonyl (C=O) groups is 1. The molecule has 0 fully saturated rings. The second-order valence-electron chi connectivity index (χ2n) is 5.95. The van der Waals surface area contributed by atoms with E-state index in [1.807, 2.05) is 20.0 Å². The zero-order valence-electron chi connectivity index (χ0n) is 13.3. The lowest BCUT2D eigenvalue weighted by molar-refractivity contribution is -0.151. The molecule has 21 heavy (non-hydrogen) atoms. The fourth-order valence-corrected chi connectivity index (χ4v) is 2.61. The van der Waals surface area contributed by atoms with Crippen molar-refractivity contribution in [3.63, 3.8) is 0 Å². The van der Waals surface area contributed by atoms with E-state index in [1.165, 1.54) is 18.1 Å². The number of hydrogen-bond acceptors (Lipinski definition) is 3. The van der Waals surface area contributed by atoms with Crippen molar-refractivity contribution >= 4 is 16.9 Å². The Hall–Kier alpha value is -1.81. The van der Waals surface area contributed by atoms with Gasteiger partial charge < -0.3 is 14.6 Å². The molecule has 2 rings (SSSR count). The Kier molecular flexibility index (Phi) is 4.68. The molecule has 1 aromatic heterocycles. The van der Waals surface area contributed by atoms with Gasteiger partial charge in [-0.05, 0) is 38.1 Å². The van der Waals surface area contributed by atoms with Gasteiger partial charge in [0.05, 0.1) is 12.5 Å². The third kappa shape index (κ3) is 3.27. The Balaban J connectivity index is 2.32. The van der Waals surface area contributed by atoms with Crippen molar-refractivity contribution in [2.24, 2.45) is 5.41 Å². The molecule has 1 N–H and O–H groups in total. The van der Waals surface area contributed by atoms with Crippen LogP contribution in [-0.2, 0) is 22.6 Å². The van der Waals surface area contributed by atoms with Crippen LogP contribution in [0.3, 0.4) is 0 Å². The number of benzene rings is 1. The molecule has 1 aromatic carbocycles. The summed E-state index contributed by atoms with van der Waals surface area (Å²) in [5, 5.41) is 4.59. The lowest BCUT2D eigenvalue weighted by atomic mass is 9.93. The lowest BCUT2D eigenvalue weighted by Gasteiger charge is -2.22. The number of nitrogens with zero attached hydrogens (tertiary/aromatic N) is 1. The van der Waals surface area contributed by atoms with Gasteiger partial charge in [-0.1, -0.05) is 19.1 Å². The summed E-state index contributed by atoms with van der Waals surface area (Å²) in [7, 11) is 1.44. The van der Waals surface area contributed by atoms with E-state index in [0.717, 1.165) is 18.6 Å². The van der Waals surface area contributed by atoms with E-state index in [2.05, 4.69) is 41.1 Å². The minimum absolute atomic E-state index is 0.187. The van der Waals surface area contributed by atoms with E-state index in [4.69, 9.17) is 4.74 Å². The number of ether oxygens (including phenoxy) is 1. The number of methoxy groups -OCH3 is 1. The van der Waals surface area contributed by atoms with Crippen molar-refractivity contribution in [3.05, 3.63) is 36.0 Å². The van der Waals surface area contributed by atoms with Crippen LogP contribution in [-0.4, -0.2) is 24.2 Å². The van der Waals surface area contributed by atoms with Gasteiger partial charge >= 0.3 is 5.97 Å². The highest BCUT2D eigenvalue weighted by atomic mass is 16.5. The zero-order valence-corrected chi connectivity index (χ0v) is 13.3. The van der Waals surface area contributed by atoms with Crippen molar-refractivity contribution in [1.29, 1.82) is 0 Å². The van der Waals surface area contributed by atoms with E-state index >= 15 is 0 Å². The highest BCUT2D eigenvalue weighted by Crippen LogP contribution is 2.26. The molecule has 114 valence electrons. The monoisotopic (exact) mass is 288 g/mol. The van der Waals surface area contributed by atoms with Gasteiger partial charge in [0.1, 0.15) is 0 Å². The predicted octanol–water partition coefficient (Wildman–Crippen LogP) is 2.95. The first-order valence-electron chi connectivity index (χ1n) is 7.35. The van der Waals surface area contributed by atoms with Gasteiger partial charge in [0.2, 0.25) is 0 Å². The van der Waals surface area contributed by atoms with Gasteiger partial charge in [-0.2, -0.15) is 0 Å². The van der Waals surface area contributed by atoms with Crippen LogP contribution in [0.25, 0.3) is 10.9 Å². The molecule has 0 radical (unpaired) electrons. The largest absolute Gasteiger partial charge is 0.469 e.